The number of benzene rings is 1. The molecule has 0 saturated heterocycles. The number of ether oxygens (including phenoxy) is 1. The van der Waals surface area contributed by atoms with Crippen LogP contribution < -0.4 is 4.74 Å². The minimum Gasteiger partial charge on any atom is -0.478 e. The van der Waals surface area contributed by atoms with Crippen LogP contribution in [0.15, 0.2) is 36.8 Å². The first-order valence-corrected chi connectivity index (χ1v) is 7.01. The summed E-state index contributed by atoms with van der Waals surface area (Å²) in [4.78, 5) is 19.2. The van der Waals surface area contributed by atoms with Gasteiger partial charge in [-0.05, 0) is 6.07 Å². The minimum absolute atomic E-state index is 0.00822. The molecule has 0 aliphatic carbocycles. The molecular weight excluding hydrogens is 314 g/mol. The maximum atomic E-state index is 11.0. The van der Waals surface area contributed by atoms with Crippen molar-refractivity contribution >= 4 is 22.4 Å². The molecule has 3 aromatic heterocycles. The molecule has 0 unspecified atom stereocenters. The third-order valence-corrected chi connectivity index (χ3v) is 3.53. The number of nitro groups is 1. The molecule has 120 valence electrons. The summed E-state index contributed by atoms with van der Waals surface area (Å²) in [5.74, 6) is 0.567. The number of rotatable bonds is 4. The summed E-state index contributed by atoms with van der Waals surface area (Å²) in [6.07, 6.45) is 3.21. The first-order valence-electron chi connectivity index (χ1n) is 7.01. The average Bonchev–Trinajstić information content (AvgIpc) is 3.16. The van der Waals surface area contributed by atoms with Gasteiger partial charge in [-0.15, -0.1) is 5.10 Å². The number of nitro benzene ring substituents is 1. The molecule has 4 aromatic rings. The van der Waals surface area contributed by atoms with E-state index in [0.717, 1.165) is 5.39 Å². The Labute approximate surface area is 134 Å². The summed E-state index contributed by atoms with van der Waals surface area (Å²) in [5.41, 5.74) is 1.20. The summed E-state index contributed by atoms with van der Waals surface area (Å²) in [6, 6.07) is 6.17. The summed E-state index contributed by atoms with van der Waals surface area (Å²) in [7, 11) is 1.79. The highest BCUT2D eigenvalue weighted by molar-refractivity contribution is 5.88. The first-order chi connectivity index (χ1) is 11.6. The van der Waals surface area contributed by atoms with E-state index in [-0.39, 0.29) is 18.0 Å². The number of para-hydroxylation sites is 2. The average molecular weight is 325 g/mol. The van der Waals surface area contributed by atoms with Crippen LogP contribution in [0.5, 0.6) is 5.75 Å². The number of fused-ring (bicyclic) bond motifs is 3. The zero-order valence-corrected chi connectivity index (χ0v) is 12.5. The maximum absolute atomic E-state index is 11.0. The molecule has 0 bridgehead atoms. The van der Waals surface area contributed by atoms with E-state index in [1.54, 1.807) is 36.4 Å². The Balaban J connectivity index is 1.66. The summed E-state index contributed by atoms with van der Waals surface area (Å²) < 4.78 is 8.69. The van der Waals surface area contributed by atoms with Gasteiger partial charge in [-0.25, -0.2) is 14.5 Å². The second-order valence-corrected chi connectivity index (χ2v) is 5.06. The zero-order valence-electron chi connectivity index (χ0n) is 12.5. The van der Waals surface area contributed by atoms with E-state index < -0.39 is 4.92 Å². The summed E-state index contributed by atoms with van der Waals surface area (Å²) in [6.45, 7) is 0.00822. The lowest BCUT2D eigenvalue weighted by atomic mass is 10.3. The molecule has 0 amide bonds. The fourth-order valence-corrected chi connectivity index (χ4v) is 2.42. The molecule has 0 fully saturated rings. The molecule has 10 nitrogen and oxygen atoms in total. The number of nitrogens with zero attached hydrogens (tertiary/aromatic N) is 7. The minimum atomic E-state index is -0.491. The van der Waals surface area contributed by atoms with Gasteiger partial charge in [0.2, 0.25) is 0 Å². The smallest absolute Gasteiger partial charge is 0.310 e. The highest BCUT2D eigenvalue weighted by atomic mass is 16.6. The summed E-state index contributed by atoms with van der Waals surface area (Å²) in [5, 5.41) is 20.2. The third kappa shape index (κ3) is 2.20. The molecular formula is C14H11N7O3. The van der Waals surface area contributed by atoms with Gasteiger partial charge < -0.3 is 4.74 Å². The standard InChI is InChI=1S/C14H11N7O3/c1-19-13-9(6-16-19)14-17-12(18-20(14)8-15-13)7-24-11-5-3-2-4-10(11)21(22)23/h2-6,8H,7H2,1H3. The topological polar surface area (TPSA) is 113 Å². The Morgan fingerprint density at radius 1 is 1.29 bits per heavy atom. The SMILES string of the molecule is Cn1ncc2c1ncn1nc(COc3ccccc3[N+](=O)[O-])nc21. The van der Waals surface area contributed by atoms with Crippen LogP contribution in [-0.2, 0) is 13.7 Å². The van der Waals surface area contributed by atoms with Crippen molar-refractivity contribution in [2.75, 3.05) is 0 Å². The molecule has 0 radical (unpaired) electrons. The third-order valence-electron chi connectivity index (χ3n) is 3.53. The van der Waals surface area contributed by atoms with E-state index in [1.807, 2.05) is 0 Å². The van der Waals surface area contributed by atoms with Crippen LogP contribution in [0.2, 0.25) is 0 Å². The van der Waals surface area contributed by atoms with E-state index >= 15 is 0 Å². The molecule has 0 aliphatic heterocycles. The molecule has 10 heteroatoms. The van der Waals surface area contributed by atoms with Crippen LogP contribution in [0.1, 0.15) is 5.82 Å². The highest BCUT2D eigenvalue weighted by Crippen LogP contribution is 2.26. The summed E-state index contributed by atoms with van der Waals surface area (Å²) >= 11 is 0. The van der Waals surface area contributed by atoms with E-state index in [9.17, 15) is 10.1 Å². The molecule has 0 saturated carbocycles. The highest BCUT2D eigenvalue weighted by Gasteiger charge is 2.16. The zero-order chi connectivity index (χ0) is 16.7. The van der Waals surface area contributed by atoms with Crippen LogP contribution in [0.4, 0.5) is 5.69 Å². The number of aromatic nitrogens is 6. The van der Waals surface area contributed by atoms with Crippen LogP contribution in [0.3, 0.4) is 0 Å². The lowest BCUT2D eigenvalue weighted by Crippen LogP contribution is -2.01. The Hall–Kier alpha value is -3.56. The Morgan fingerprint density at radius 2 is 2.12 bits per heavy atom. The molecule has 0 N–H and O–H groups in total. The lowest BCUT2D eigenvalue weighted by molar-refractivity contribution is -0.385. The van der Waals surface area contributed by atoms with Crippen molar-refractivity contribution in [3.8, 4) is 5.75 Å². The Morgan fingerprint density at radius 3 is 2.96 bits per heavy atom. The Bertz CT molecular complexity index is 1070. The second-order valence-electron chi connectivity index (χ2n) is 5.06. The van der Waals surface area contributed by atoms with Crippen molar-refractivity contribution in [1.82, 2.24) is 29.4 Å². The molecule has 4 rings (SSSR count). The molecule has 1 aromatic carbocycles. The number of aryl methyl sites for hydroxylation is 1. The van der Waals surface area contributed by atoms with Crippen LogP contribution in [0, 0.1) is 10.1 Å². The van der Waals surface area contributed by atoms with Gasteiger partial charge in [-0.2, -0.15) is 5.10 Å². The van der Waals surface area contributed by atoms with Crippen molar-refractivity contribution < 1.29 is 9.66 Å². The van der Waals surface area contributed by atoms with Gasteiger partial charge in [0.15, 0.2) is 29.5 Å². The van der Waals surface area contributed by atoms with E-state index in [4.69, 9.17) is 4.74 Å². The fraction of sp³-hybridized carbons (Fsp3) is 0.143. The van der Waals surface area contributed by atoms with E-state index in [0.29, 0.717) is 17.1 Å². The van der Waals surface area contributed by atoms with Crippen molar-refractivity contribution in [3.05, 3.63) is 52.7 Å². The predicted molar refractivity (Wildman–Crippen MR) is 82.5 cm³/mol. The van der Waals surface area contributed by atoms with Gasteiger partial charge in [0.1, 0.15) is 6.33 Å². The monoisotopic (exact) mass is 325 g/mol. The van der Waals surface area contributed by atoms with Gasteiger partial charge in [0.05, 0.1) is 16.5 Å². The maximum Gasteiger partial charge on any atom is 0.310 e. The van der Waals surface area contributed by atoms with Crippen molar-refractivity contribution in [2.24, 2.45) is 7.05 Å². The molecule has 0 spiro atoms. The van der Waals surface area contributed by atoms with Gasteiger partial charge in [-0.1, -0.05) is 12.1 Å². The van der Waals surface area contributed by atoms with Crippen LogP contribution in [0.25, 0.3) is 16.7 Å². The molecule has 0 aliphatic rings. The second kappa shape index (κ2) is 5.26. The van der Waals surface area contributed by atoms with Crippen LogP contribution in [-0.4, -0.2) is 34.3 Å². The number of hydrogen-bond acceptors (Lipinski definition) is 7. The first kappa shape index (κ1) is 14.1. The normalized spacial score (nSPS) is 11.2. The van der Waals surface area contributed by atoms with E-state index in [2.05, 4.69) is 20.2 Å². The van der Waals surface area contributed by atoms with Gasteiger partial charge >= 0.3 is 5.69 Å². The van der Waals surface area contributed by atoms with Crippen LogP contribution >= 0.6 is 0 Å². The molecule has 3 heterocycles. The van der Waals surface area contributed by atoms with Crippen molar-refractivity contribution in [1.29, 1.82) is 0 Å². The molecule has 24 heavy (non-hydrogen) atoms. The van der Waals surface area contributed by atoms with Gasteiger partial charge in [0.25, 0.3) is 0 Å². The Kier molecular flexibility index (Phi) is 3.08. The van der Waals surface area contributed by atoms with Gasteiger partial charge in [0, 0.05) is 13.1 Å². The van der Waals surface area contributed by atoms with E-state index in [1.165, 1.54) is 16.6 Å². The quantitative estimate of drug-likeness (QED) is 0.412. The largest absolute Gasteiger partial charge is 0.478 e. The number of hydrogen-bond donors (Lipinski definition) is 0. The van der Waals surface area contributed by atoms with Crippen molar-refractivity contribution in [3.63, 3.8) is 0 Å². The predicted octanol–water partition coefficient (Wildman–Crippen LogP) is 1.50. The lowest BCUT2D eigenvalue weighted by Gasteiger charge is -2.03. The van der Waals surface area contributed by atoms with Crippen molar-refractivity contribution in [2.45, 2.75) is 6.61 Å². The van der Waals surface area contributed by atoms with Gasteiger partial charge in [-0.3, -0.25) is 14.8 Å². The molecule has 0 atom stereocenters. The fourth-order valence-electron chi connectivity index (χ4n) is 2.42.